The zero-order valence-corrected chi connectivity index (χ0v) is 13.3. The standard InChI is InChI=1S/C15H21F2N3OS/c1-2-18-15(21)20-8-7-12(10-20)19-9-11-3-5-13(6-4-11)22-14(16)17/h3-6,12,14,19H,2,7-10H2,1H3,(H,18,21)/t12-/m1/s1. The van der Waals surface area contributed by atoms with Gasteiger partial charge in [-0.2, -0.15) is 8.78 Å². The van der Waals surface area contributed by atoms with Gasteiger partial charge < -0.3 is 15.5 Å². The summed E-state index contributed by atoms with van der Waals surface area (Å²) in [5, 5.41) is 6.21. The number of nitrogens with one attached hydrogen (secondary N) is 2. The third kappa shape index (κ3) is 5.14. The molecule has 1 aromatic rings. The van der Waals surface area contributed by atoms with E-state index in [9.17, 15) is 13.6 Å². The summed E-state index contributed by atoms with van der Waals surface area (Å²) in [6.07, 6.45) is 0.927. The molecule has 1 heterocycles. The topological polar surface area (TPSA) is 44.4 Å². The Morgan fingerprint density at radius 3 is 2.77 bits per heavy atom. The lowest BCUT2D eigenvalue weighted by Gasteiger charge is -2.17. The summed E-state index contributed by atoms with van der Waals surface area (Å²) in [6.45, 7) is 4.67. The quantitative estimate of drug-likeness (QED) is 0.789. The second kappa shape index (κ2) is 8.33. The average Bonchev–Trinajstić information content (AvgIpc) is 2.95. The van der Waals surface area contributed by atoms with E-state index >= 15 is 0 Å². The number of alkyl halides is 2. The lowest BCUT2D eigenvalue weighted by atomic mass is 10.2. The fraction of sp³-hybridized carbons (Fsp3) is 0.533. The maximum atomic E-state index is 12.2. The van der Waals surface area contributed by atoms with Gasteiger partial charge in [0.2, 0.25) is 0 Å². The van der Waals surface area contributed by atoms with E-state index in [4.69, 9.17) is 0 Å². The van der Waals surface area contributed by atoms with Crippen LogP contribution < -0.4 is 10.6 Å². The van der Waals surface area contributed by atoms with Gasteiger partial charge in [-0.3, -0.25) is 0 Å². The zero-order chi connectivity index (χ0) is 15.9. The molecule has 1 atom stereocenters. The number of amides is 2. The minimum absolute atomic E-state index is 0.0137. The smallest absolute Gasteiger partial charge is 0.317 e. The molecule has 1 fully saturated rings. The van der Waals surface area contributed by atoms with Crippen molar-refractivity contribution in [3.05, 3.63) is 29.8 Å². The lowest BCUT2D eigenvalue weighted by molar-refractivity contribution is 0.208. The Morgan fingerprint density at radius 2 is 2.14 bits per heavy atom. The number of thioether (sulfide) groups is 1. The molecule has 7 heteroatoms. The van der Waals surface area contributed by atoms with Crippen molar-refractivity contribution < 1.29 is 13.6 Å². The molecule has 0 radical (unpaired) electrons. The van der Waals surface area contributed by atoms with Crippen molar-refractivity contribution in [2.75, 3.05) is 19.6 Å². The molecule has 2 amide bonds. The SMILES string of the molecule is CCNC(=O)N1CC[C@@H](NCc2ccc(SC(F)F)cc2)C1. The zero-order valence-electron chi connectivity index (χ0n) is 12.5. The summed E-state index contributed by atoms with van der Waals surface area (Å²) in [5.41, 5.74) is 1.05. The first-order valence-corrected chi connectivity index (χ1v) is 8.26. The molecule has 0 aromatic heterocycles. The molecule has 0 spiro atoms. The minimum Gasteiger partial charge on any atom is -0.338 e. The van der Waals surface area contributed by atoms with Crippen LogP contribution in [0.5, 0.6) is 0 Å². The van der Waals surface area contributed by atoms with Crippen LogP contribution in [-0.4, -0.2) is 42.4 Å². The van der Waals surface area contributed by atoms with E-state index in [-0.39, 0.29) is 12.1 Å². The second-order valence-electron chi connectivity index (χ2n) is 5.17. The maximum Gasteiger partial charge on any atom is 0.317 e. The Hall–Kier alpha value is -1.34. The molecule has 4 nitrogen and oxygen atoms in total. The molecule has 1 saturated heterocycles. The number of benzene rings is 1. The Balaban J connectivity index is 1.75. The Bertz CT molecular complexity index is 484. The van der Waals surface area contributed by atoms with Gasteiger partial charge in [-0.1, -0.05) is 23.9 Å². The lowest BCUT2D eigenvalue weighted by Crippen LogP contribution is -2.40. The van der Waals surface area contributed by atoms with Gasteiger partial charge in [-0.15, -0.1) is 0 Å². The van der Waals surface area contributed by atoms with Crippen LogP contribution in [-0.2, 0) is 6.54 Å². The number of nitrogens with zero attached hydrogens (tertiary/aromatic N) is 1. The van der Waals surface area contributed by atoms with Crippen LogP contribution >= 0.6 is 11.8 Å². The van der Waals surface area contributed by atoms with Crippen LogP contribution in [0.4, 0.5) is 13.6 Å². The van der Waals surface area contributed by atoms with Gasteiger partial charge in [0, 0.05) is 37.1 Å². The van der Waals surface area contributed by atoms with E-state index in [0.29, 0.717) is 36.3 Å². The van der Waals surface area contributed by atoms with Gasteiger partial charge in [0.25, 0.3) is 5.76 Å². The highest BCUT2D eigenvalue weighted by Crippen LogP contribution is 2.25. The highest BCUT2D eigenvalue weighted by Gasteiger charge is 2.25. The Morgan fingerprint density at radius 1 is 1.41 bits per heavy atom. The summed E-state index contributed by atoms with van der Waals surface area (Å²) >= 11 is 0.554. The molecule has 0 bridgehead atoms. The van der Waals surface area contributed by atoms with Crippen LogP contribution in [0, 0.1) is 0 Å². The van der Waals surface area contributed by atoms with Gasteiger partial charge in [0.05, 0.1) is 0 Å². The van der Waals surface area contributed by atoms with Crippen molar-refractivity contribution >= 4 is 17.8 Å². The van der Waals surface area contributed by atoms with Crippen molar-refractivity contribution in [2.45, 2.75) is 36.6 Å². The molecular formula is C15H21F2N3OS. The molecule has 0 unspecified atom stereocenters. The van der Waals surface area contributed by atoms with E-state index in [0.717, 1.165) is 18.5 Å². The molecule has 1 aliphatic rings. The summed E-state index contributed by atoms with van der Waals surface area (Å²) in [5.74, 6) is -2.39. The van der Waals surface area contributed by atoms with Crippen molar-refractivity contribution in [3.63, 3.8) is 0 Å². The molecule has 1 aromatic carbocycles. The number of halogens is 2. The molecule has 0 saturated carbocycles. The van der Waals surface area contributed by atoms with Crippen molar-refractivity contribution in [2.24, 2.45) is 0 Å². The molecule has 22 heavy (non-hydrogen) atoms. The first-order valence-electron chi connectivity index (χ1n) is 7.38. The summed E-state index contributed by atoms with van der Waals surface area (Å²) < 4.78 is 24.5. The van der Waals surface area contributed by atoms with Crippen LogP contribution in [0.3, 0.4) is 0 Å². The minimum atomic E-state index is -2.39. The van der Waals surface area contributed by atoms with Crippen LogP contribution in [0.1, 0.15) is 18.9 Å². The third-order valence-corrected chi connectivity index (χ3v) is 4.27. The summed E-state index contributed by atoms with van der Waals surface area (Å²) in [4.78, 5) is 14.1. The van der Waals surface area contributed by atoms with Crippen LogP contribution in [0.25, 0.3) is 0 Å². The van der Waals surface area contributed by atoms with Gasteiger partial charge in [0.15, 0.2) is 0 Å². The van der Waals surface area contributed by atoms with Gasteiger partial charge in [-0.05, 0) is 31.0 Å². The second-order valence-corrected chi connectivity index (χ2v) is 6.23. The van der Waals surface area contributed by atoms with E-state index in [2.05, 4.69) is 10.6 Å². The molecular weight excluding hydrogens is 308 g/mol. The van der Waals surface area contributed by atoms with E-state index < -0.39 is 5.76 Å². The van der Waals surface area contributed by atoms with Gasteiger partial charge in [-0.25, -0.2) is 4.79 Å². The highest BCUT2D eigenvalue weighted by molar-refractivity contribution is 7.99. The Kier molecular flexibility index (Phi) is 6.45. The third-order valence-electron chi connectivity index (χ3n) is 3.55. The normalized spacial score (nSPS) is 18.0. The van der Waals surface area contributed by atoms with Crippen LogP contribution in [0.2, 0.25) is 0 Å². The number of rotatable bonds is 6. The summed E-state index contributed by atoms with van der Waals surface area (Å²) in [7, 11) is 0. The largest absolute Gasteiger partial charge is 0.338 e. The number of carbonyl (C=O) groups is 1. The highest BCUT2D eigenvalue weighted by atomic mass is 32.2. The van der Waals surface area contributed by atoms with E-state index in [1.165, 1.54) is 0 Å². The monoisotopic (exact) mass is 329 g/mol. The maximum absolute atomic E-state index is 12.2. The number of urea groups is 1. The molecule has 2 rings (SSSR count). The number of likely N-dealkylation sites (tertiary alicyclic amines) is 1. The molecule has 0 aliphatic carbocycles. The van der Waals surface area contributed by atoms with Crippen LogP contribution in [0.15, 0.2) is 29.2 Å². The van der Waals surface area contributed by atoms with E-state index in [1.807, 2.05) is 24.0 Å². The predicted molar refractivity (Wildman–Crippen MR) is 84.2 cm³/mol. The average molecular weight is 329 g/mol. The first kappa shape index (κ1) is 17.0. The van der Waals surface area contributed by atoms with Crippen molar-refractivity contribution in [1.29, 1.82) is 0 Å². The number of hydrogen-bond acceptors (Lipinski definition) is 3. The fourth-order valence-electron chi connectivity index (χ4n) is 2.43. The van der Waals surface area contributed by atoms with Gasteiger partial charge >= 0.3 is 6.03 Å². The van der Waals surface area contributed by atoms with Crippen molar-refractivity contribution in [1.82, 2.24) is 15.5 Å². The molecule has 1 aliphatic heterocycles. The van der Waals surface area contributed by atoms with Gasteiger partial charge in [0.1, 0.15) is 0 Å². The summed E-state index contributed by atoms with van der Waals surface area (Å²) in [6, 6.07) is 7.40. The fourth-order valence-corrected chi connectivity index (χ4v) is 2.92. The van der Waals surface area contributed by atoms with Crippen molar-refractivity contribution in [3.8, 4) is 0 Å². The Labute approximate surface area is 133 Å². The first-order chi connectivity index (χ1) is 10.6. The van der Waals surface area contributed by atoms with E-state index in [1.54, 1.807) is 12.1 Å². The predicted octanol–water partition coefficient (Wildman–Crippen LogP) is 2.89. The number of hydrogen-bond donors (Lipinski definition) is 2. The number of carbonyl (C=O) groups excluding carboxylic acids is 1. The molecule has 122 valence electrons. The molecule has 2 N–H and O–H groups in total.